The highest BCUT2D eigenvalue weighted by Crippen LogP contribution is 2.23. The summed E-state index contributed by atoms with van der Waals surface area (Å²) in [6, 6.07) is 0. The van der Waals surface area contributed by atoms with Gasteiger partial charge in [-0.3, -0.25) is 0 Å². The van der Waals surface area contributed by atoms with E-state index in [1.165, 1.54) is 0 Å². The number of allylic oxidation sites excluding steroid dienone is 5. The maximum absolute atomic E-state index is 10.7. The van der Waals surface area contributed by atoms with Crippen molar-refractivity contribution in [2.24, 2.45) is 5.92 Å². The lowest BCUT2D eigenvalue weighted by molar-refractivity contribution is -0.132. The molecule has 0 aliphatic heterocycles. The van der Waals surface area contributed by atoms with E-state index < -0.39 is 5.97 Å². The summed E-state index contributed by atoms with van der Waals surface area (Å²) in [5.74, 6) is -0.554. The van der Waals surface area contributed by atoms with Gasteiger partial charge in [0.2, 0.25) is 0 Å². The first-order chi connectivity index (χ1) is 6.13. The van der Waals surface area contributed by atoms with Crippen LogP contribution in [0.1, 0.15) is 20.3 Å². The monoisotopic (exact) mass is 178 g/mol. The summed E-state index contributed by atoms with van der Waals surface area (Å²) in [5, 5.41) is 8.78. The van der Waals surface area contributed by atoms with E-state index in [0.29, 0.717) is 5.57 Å². The van der Waals surface area contributed by atoms with Crippen LogP contribution in [-0.2, 0) is 4.79 Å². The molecule has 0 heterocycles. The maximum atomic E-state index is 10.7. The van der Waals surface area contributed by atoms with E-state index in [4.69, 9.17) is 5.11 Å². The molecule has 2 heteroatoms. The zero-order valence-corrected chi connectivity index (χ0v) is 7.95. The summed E-state index contributed by atoms with van der Waals surface area (Å²) in [4.78, 5) is 10.7. The molecule has 0 amide bonds. The van der Waals surface area contributed by atoms with Crippen LogP contribution < -0.4 is 0 Å². The van der Waals surface area contributed by atoms with Gasteiger partial charge in [0.15, 0.2) is 0 Å². The summed E-state index contributed by atoms with van der Waals surface area (Å²) in [6.45, 7) is 3.54. The smallest absolute Gasteiger partial charge is 0.331 e. The van der Waals surface area contributed by atoms with Gasteiger partial charge in [0.25, 0.3) is 0 Å². The van der Waals surface area contributed by atoms with Gasteiger partial charge in [0.1, 0.15) is 0 Å². The number of carboxylic acids is 1. The van der Waals surface area contributed by atoms with E-state index in [1.54, 1.807) is 6.92 Å². The molecule has 70 valence electrons. The Bertz CT molecular complexity index is 295. The fourth-order valence-electron chi connectivity index (χ4n) is 1.35. The van der Waals surface area contributed by atoms with Crippen molar-refractivity contribution >= 4 is 5.97 Å². The number of hydrogen-bond donors (Lipinski definition) is 1. The van der Waals surface area contributed by atoms with Crippen LogP contribution >= 0.6 is 0 Å². The van der Waals surface area contributed by atoms with Crippen molar-refractivity contribution in [1.82, 2.24) is 0 Å². The van der Waals surface area contributed by atoms with E-state index in [2.05, 4.69) is 6.08 Å². The van der Waals surface area contributed by atoms with Gasteiger partial charge in [0, 0.05) is 11.5 Å². The van der Waals surface area contributed by atoms with Gasteiger partial charge in [-0.05, 0) is 20.3 Å². The first-order valence-electron chi connectivity index (χ1n) is 4.37. The number of hydrogen-bond acceptors (Lipinski definition) is 1. The molecule has 0 aromatic heterocycles. The second-order valence-corrected chi connectivity index (χ2v) is 3.27. The molecule has 1 aliphatic rings. The summed E-state index contributed by atoms with van der Waals surface area (Å²) in [6.07, 6.45) is 8.96. The zero-order valence-electron chi connectivity index (χ0n) is 7.95. The van der Waals surface area contributed by atoms with E-state index in [1.807, 2.05) is 25.2 Å². The molecule has 0 fully saturated rings. The number of aliphatic carboxylic acids is 1. The van der Waals surface area contributed by atoms with Crippen LogP contribution in [-0.4, -0.2) is 11.1 Å². The lowest BCUT2D eigenvalue weighted by Crippen LogP contribution is -2.07. The van der Waals surface area contributed by atoms with Crippen molar-refractivity contribution in [2.45, 2.75) is 20.3 Å². The molecular weight excluding hydrogens is 164 g/mol. The highest BCUT2D eigenvalue weighted by Gasteiger charge is 2.13. The molecule has 0 bridgehead atoms. The maximum Gasteiger partial charge on any atom is 0.331 e. The van der Waals surface area contributed by atoms with Crippen LogP contribution in [0.3, 0.4) is 0 Å². The van der Waals surface area contributed by atoms with Crippen LogP contribution in [0.25, 0.3) is 0 Å². The third-order valence-corrected chi connectivity index (χ3v) is 2.45. The van der Waals surface area contributed by atoms with Crippen molar-refractivity contribution < 1.29 is 9.90 Å². The van der Waals surface area contributed by atoms with Gasteiger partial charge < -0.3 is 5.11 Å². The van der Waals surface area contributed by atoms with Gasteiger partial charge in [0.05, 0.1) is 0 Å². The SMILES string of the molecule is C/C(C(=O)O)=C(/C)C1C=CC=CC1. The number of carbonyl (C=O) groups is 1. The molecule has 0 aromatic rings. The number of rotatable bonds is 2. The van der Waals surface area contributed by atoms with Crippen LogP contribution in [0.15, 0.2) is 35.5 Å². The van der Waals surface area contributed by atoms with Crippen molar-refractivity contribution in [2.75, 3.05) is 0 Å². The molecule has 1 atom stereocenters. The topological polar surface area (TPSA) is 37.3 Å². The van der Waals surface area contributed by atoms with Crippen molar-refractivity contribution in [3.05, 3.63) is 35.5 Å². The molecule has 0 radical (unpaired) electrons. The molecule has 0 saturated heterocycles. The minimum Gasteiger partial charge on any atom is -0.478 e. The average molecular weight is 178 g/mol. The average Bonchev–Trinajstić information content (AvgIpc) is 2.17. The predicted molar refractivity (Wildman–Crippen MR) is 52.4 cm³/mol. The van der Waals surface area contributed by atoms with Crippen molar-refractivity contribution in [3.63, 3.8) is 0 Å². The lowest BCUT2D eigenvalue weighted by Gasteiger charge is -2.15. The predicted octanol–water partition coefficient (Wildman–Crippen LogP) is 2.54. The second kappa shape index (κ2) is 4.08. The molecular formula is C11H14O2. The Balaban J connectivity index is 2.83. The van der Waals surface area contributed by atoms with Gasteiger partial charge in [-0.2, -0.15) is 0 Å². The number of carboxylic acid groups (broad SMARTS) is 1. The molecule has 0 saturated carbocycles. The van der Waals surface area contributed by atoms with Crippen molar-refractivity contribution in [1.29, 1.82) is 0 Å². The van der Waals surface area contributed by atoms with Gasteiger partial charge >= 0.3 is 5.97 Å². The van der Waals surface area contributed by atoms with Crippen LogP contribution in [0, 0.1) is 5.92 Å². The minimum atomic E-state index is -0.819. The normalized spacial score (nSPS) is 22.8. The molecule has 1 rings (SSSR count). The van der Waals surface area contributed by atoms with E-state index in [0.717, 1.165) is 12.0 Å². The van der Waals surface area contributed by atoms with Crippen LogP contribution in [0.5, 0.6) is 0 Å². The molecule has 0 spiro atoms. The summed E-state index contributed by atoms with van der Waals surface area (Å²) in [7, 11) is 0. The Morgan fingerprint density at radius 3 is 2.54 bits per heavy atom. The fourth-order valence-corrected chi connectivity index (χ4v) is 1.35. The first kappa shape index (κ1) is 9.78. The third kappa shape index (κ3) is 2.31. The van der Waals surface area contributed by atoms with E-state index in [-0.39, 0.29) is 5.92 Å². The Hall–Kier alpha value is -1.31. The molecule has 1 aliphatic carbocycles. The highest BCUT2D eigenvalue weighted by molar-refractivity contribution is 5.86. The first-order valence-corrected chi connectivity index (χ1v) is 4.37. The Labute approximate surface area is 78.3 Å². The minimum absolute atomic E-state index is 0.265. The molecule has 1 N–H and O–H groups in total. The fraction of sp³-hybridized carbons (Fsp3) is 0.364. The Morgan fingerprint density at radius 1 is 1.38 bits per heavy atom. The van der Waals surface area contributed by atoms with Crippen LogP contribution in [0.4, 0.5) is 0 Å². The Morgan fingerprint density at radius 2 is 2.08 bits per heavy atom. The van der Waals surface area contributed by atoms with E-state index >= 15 is 0 Å². The van der Waals surface area contributed by atoms with Gasteiger partial charge in [-0.15, -0.1) is 0 Å². The van der Waals surface area contributed by atoms with Crippen LogP contribution in [0.2, 0.25) is 0 Å². The third-order valence-electron chi connectivity index (χ3n) is 2.45. The molecule has 2 nitrogen and oxygen atoms in total. The largest absolute Gasteiger partial charge is 0.478 e. The van der Waals surface area contributed by atoms with Gasteiger partial charge in [-0.1, -0.05) is 29.9 Å². The summed E-state index contributed by atoms with van der Waals surface area (Å²) < 4.78 is 0. The van der Waals surface area contributed by atoms with Gasteiger partial charge in [-0.25, -0.2) is 4.79 Å². The summed E-state index contributed by atoms with van der Waals surface area (Å²) in [5.41, 5.74) is 1.41. The standard InChI is InChI=1S/C11H14O2/c1-8(9(2)11(12)13)10-6-4-3-5-7-10/h3-6,10H,7H2,1-2H3,(H,12,13)/b9-8+. The van der Waals surface area contributed by atoms with Crippen molar-refractivity contribution in [3.8, 4) is 0 Å². The van der Waals surface area contributed by atoms with E-state index in [9.17, 15) is 4.79 Å². The quantitative estimate of drug-likeness (QED) is 0.660. The molecule has 1 unspecified atom stereocenters. The zero-order chi connectivity index (χ0) is 9.84. The Kier molecular flexibility index (Phi) is 3.07. The molecule has 0 aromatic carbocycles. The second-order valence-electron chi connectivity index (χ2n) is 3.27. The highest BCUT2D eigenvalue weighted by atomic mass is 16.4. The lowest BCUT2D eigenvalue weighted by atomic mass is 9.90. The molecule has 13 heavy (non-hydrogen) atoms. The summed E-state index contributed by atoms with van der Waals surface area (Å²) >= 11 is 0.